The molecule has 106 valence electrons. The number of halogens is 1. The third kappa shape index (κ3) is 3.50. The number of ether oxygens (including phenoxy) is 1. The minimum Gasteiger partial charge on any atom is -0.465 e. The van der Waals surface area contributed by atoms with E-state index in [9.17, 15) is 14.4 Å². The topological polar surface area (TPSA) is 63.7 Å². The molecule has 2 heterocycles. The second-order valence-corrected chi connectivity index (χ2v) is 6.59. The smallest absolute Gasteiger partial charge is 0.326 e. The van der Waals surface area contributed by atoms with Crippen LogP contribution in [-0.2, 0) is 14.3 Å². The van der Waals surface area contributed by atoms with Gasteiger partial charge in [-0.1, -0.05) is 0 Å². The summed E-state index contributed by atoms with van der Waals surface area (Å²) >= 11 is 5.60. The fraction of sp³-hybridized carbons (Fsp3) is 0.250. The summed E-state index contributed by atoms with van der Waals surface area (Å²) in [5.41, 5.74) is 0. The van der Waals surface area contributed by atoms with Gasteiger partial charge in [-0.05, 0) is 46.8 Å². The van der Waals surface area contributed by atoms with Gasteiger partial charge in [0.15, 0.2) is 0 Å². The second kappa shape index (κ2) is 6.55. The maximum atomic E-state index is 12.1. The van der Waals surface area contributed by atoms with E-state index in [1.165, 1.54) is 11.3 Å². The predicted octanol–water partition coefficient (Wildman–Crippen LogP) is 3.11. The van der Waals surface area contributed by atoms with Gasteiger partial charge < -0.3 is 4.74 Å². The van der Waals surface area contributed by atoms with Crippen molar-refractivity contribution in [2.24, 2.45) is 0 Å². The van der Waals surface area contributed by atoms with E-state index >= 15 is 0 Å². The van der Waals surface area contributed by atoms with Crippen LogP contribution in [0.25, 0.3) is 6.08 Å². The van der Waals surface area contributed by atoms with E-state index in [4.69, 9.17) is 4.74 Å². The van der Waals surface area contributed by atoms with Crippen LogP contribution in [0.5, 0.6) is 0 Å². The molecule has 1 aliphatic rings. The van der Waals surface area contributed by atoms with Crippen LogP contribution in [-0.4, -0.2) is 35.2 Å². The molecule has 2 rings (SSSR count). The van der Waals surface area contributed by atoms with Crippen molar-refractivity contribution < 1.29 is 19.1 Å². The van der Waals surface area contributed by atoms with Crippen LogP contribution < -0.4 is 0 Å². The molecule has 0 aliphatic carbocycles. The standard InChI is InChI=1S/C12H10BrNO4S2/c1-2-18-10(15)5-14-11(16)9(20-12(14)17)4-8-3-7(13)6-19-8/h3-4,6H,2,5H2,1H3/b9-4-. The number of amides is 2. The zero-order valence-electron chi connectivity index (χ0n) is 10.4. The molecule has 1 fully saturated rings. The van der Waals surface area contributed by atoms with E-state index in [1.807, 2.05) is 11.4 Å². The van der Waals surface area contributed by atoms with Gasteiger partial charge in [-0.2, -0.15) is 0 Å². The number of carbonyl (C=O) groups is 3. The Morgan fingerprint density at radius 2 is 2.25 bits per heavy atom. The highest BCUT2D eigenvalue weighted by atomic mass is 79.9. The fourth-order valence-corrected chi connectivity index (χ4v) is 3.79. The van der Waals surface area contributed by atoms with Crippen molar-refractivity contribution in [2.45, 2.75) is 6.92 Å². The molecule has 5 nitrogen and oxygen atoms in total. The maximum absolute atomic E-state index is 12.1. The van der Waals surface area contributed by atoms with Gasteiger partial charge in [0.05, 0.1) is 11.5 Å². The van der Waals surface area contributed by atoms with Crippen molar-refractivity contribution in [1.82, 2.24) is 4.90 Å². The first-order valence-electron chi connectivity index (χ1n) is 5.66. The molecule has 0 spiro atoms. The molecule has 2 amide bonds. The van der Waals surface area contributed by atoms with E-state index in [-0.39, 0.29) is 13.2 Å². The first-order valence-corrected chi connectivity index (χ1v) is 8.15. The Hall–Kier alpha value is -1.12. The summed E-state index contributed by atoms with van der Waals surface area (Å²) in [4.78, 5) is 37.2. The van der Waals surface area contributed by atoms with E-state index in [0.29, 0.717) is 4.91 Å². The zero-order valence-corrected chi connectivity index (χ0v) is 13.6. The van der Waals surface area contributed by atoms with Gasteiger partial charge in [0.1, 0.15) is 6.54 Å². The Morgan fingerprint density at radius 1 is 1.50 bits per heavy atom. The number of carbonyl (C=O) groups excluding carboxylic acids is 3. The molecule has 0 N–H and O–H groups in total. The third-order valence-corrected chi connectivity index (χ3v) is 4.88. The molecule has 0 atom stereocenters. The number of hydrogen-bond donors (Lipinski definition) is 0. The number of hydrogen-bond acceptors (Lipinski definition) is 6. The SMILES string of the molecule is CCOC(=O)CN1C(=O)S/C(=C\c2cc(Br)cs2)C1=O. The van der Waals surface area contributed by atoms with Crippen LogP contribution in [0.3, 0.4) is 0 Å². The lowest BCUT2D eigenvalue weighted by atomic mass is 10.3. The molecule has 0 saturated carbocycles. The van der Waals surface area contributed by atoms with Gasteiger partial charge in [-0.15, -0.1) is 11.3 Å². The number of thioether (sulfide) groups is 1. The molecule has 1 aliphatic heterocycles. The van der Waals surface area contributed by atoms with Gasteiger partial charge in [-0.25, -0.2) is 0 Å². The molecule has 8 heteroatoms. The molecule has 0 radical (unpaired) electrons. The molecular formula is C12H10BrNO4S2. The van der Waals surface area contributed by atoms with Crippen LogP contribution in [0.1, 0.15) is 11.8 Å². The Balaban J connectivity index is 2.12. The first-order chi connectivity index (χ1) is 9.51. The summed E-state index contributed by atoms with van der Waals surface area (Å²) in [7, 11) is 0. The average Bonchev–Trinajstić information content (AvgIpc) is 2.89. The Kier molecular flexibility index (Phi) is 5.00. The minimum absolute atomic E-state index is 0.216. The lowest BCUT2D eigenvalue weighted by Crippen LogP contribution is -2.34. The van der Waals surface area contributed by atoms with Crippen LogP contribution in [0.2, 0.25) is 0 Å². The van der Waals surface area contributed by atoms with Crippen molar-refractivity contribution in [3.8, 4) is 0 Å². The predicted molar refractivity (Wildman–Crippen MR) is 81.3 cm³/mol. The van der Waals surface area contributed by atoms with Crippen molar-refractivity contribution >= 4 is 62.2 Å². The molecule has 0 unspecified atom stereocenters. The first kappa shape index (κ1) is 15.3. The number of esters is 1. The fourth-order valence-electron chi connectivity index (χ4n) is 1.51. The molecular weight excluding hydrogens is 366 g/mol. The lowest BCUT2D eigenvalue weighted by molar-refractivity contribution is -0.145. The average molecular weight is 376 g/mol. The Labute approximate surface area is 132 Å². The van der Waals surface area contributed by atoms with Gasteiger partial charge in [0, 0.05) is 14.7 Å². The highest BCUT2D eigenvalue weighted by Crippen LogP contribution is 2.33. The van der Waals surface area contributed by atoms with Crippen molar-refractivity contribution in [3.05, 3.63) is 25.7 Å². The summed E-state index contributed by atoms with van der Waals surface area (Å²) in [6.07, 6.45) is 1.64. The third-order valence-electron chi connectivity index (χ3n) is 2.33. The van der Waals surface area contributed by atoms with Crippen LogP contribution in [0, 0.1) is 0 Å². The quantitative estimate of drug-likeness (QED) is 0.597. The number of nitrogens with zero attached hydrogens (tertiary/aromatic N) is 1. The molecule has 0 bridgehead atoms. The Morgan fingerprint density at radius 3 is 2.85 bits per heavy atom. The lowest BCUT2D eigenvalue weighted by Gasteiger charge is -2.10. The van der Waals surface area contributed by atoms with E-state index < -0.39 is 17.1 Å². The normalized spacial score (nSPS) is 17.1. The molecule has 1 aromatic rings. The van der Waals surface area contributed by atoms with Gasteiger partial charge in [-0.3, -0.25) is 19.3 Å². The van der Waals surface area contributed by atoms with E-state index in [0.717, 1.165) is 26.0 Å². The van der Waals surface area contributed by atoms with Crippen molar-refractivity contribution in [1.29, 1.82) is 0 Å². The van der Waals surface area contributed by atoms with Crippen LogP contribution >= 0.6 is 39.0 Å². The van der Waals surface area contributed by atoms with Gasteiger partial charge in [0.2, 0.25) is 0 Å². The van der Waals surface area contributed by atoms with Crippen molar-refractivity contribution in [2.75, 3.05) is 13.2 Å². The van der Waals surface area contributed by atoms with Crippen LogP contribution in [0.4, 0.5) is 4.79 Å². The molecule has 20 heavy (non-hydrogen) atoms. The summed E-state index contributed by atoms with van der Waals surface area (Å²) in [5.74, 6) is -1.05. The summed E-state index contributed by atoms with van der Waals surface area (Å²) in [6.45, 7) is 1.54. The highest BCUT2D eigenvalue weighted by molar-refractivity contribution is 9.10. The number of imide groups is 1. The largest absolute Gasteiger partial charge is 0.465 e. The van der Waals surface area contributed by atoms with Gasteiger partial charge >= 0.3 is 5.97 Å². The highest BCUT2D eigenvalue weighted by Gasteiger charge is 2.36. The molecule has 1 saturated heterocycles. The van der Waals surface area contributed by atoms with Crippen LogP contribution in [0.15, 0.2) is 20.8 Å². The summed E-state index contributed by atoms with van der Waals surface area (Å²) < 4.78 is 5.66. The monoisotopic (exact) mass is 375 g/mol. The number of rotatable bonds is 4. The Bertz CT molecular complexity index is 596. The zero-order chi connectivity index (χ0) is 14.7. The van der Waals surface area contributed by atoms with E-state index in [2.05, 4.69) is 15.9 Å². The molecule has 0 aromatic carbocycles. The van der Waals surface area contributed by atoms with E-state index in [1.54, 1.807) is 13.0 Å². The minimum atomic E-state index is -0.588. The summed E-state index contributed by atoms with van der Waals surface area (Å²) in [5, 5.41) is 1.43. The van der Waals surface area contributed by atoms with Crippen molar-refractivity contribution in [3.63, 3.8) is 0 Å². The molecule has 1 aromatic heterocycles. The van der Waals surface area contributed by atoms with Gasteiger partial charge in [0.25, 0.3) is 11.1 Å². The summed E-state index contributed by atoms with van der Waals surface area (Å²) in [6, 6.07) is 1.85. The maximum Gasteiger partial charge on any atom is 0.326 e. The second-order valence-electron chi connectivity index (χ2n) is 3.74. The number of thiophene rings is 1.